The highest BCUT2D eigenvalue weighted by Gasteiger charge is 2.31. The molecule has 0 aromatic heterocycles. The fourth-order valence-electron chi connectivity index (χ4n) is 1.69. The van der Waals surface area contributed by atoms with Crippen LogP contribution in [0.2, 0.25) is 0 Å². The second-order valence-electron chi connectivity index (χ2n) is 6.20. The first-order valence-electron chi connectivity index (χ1n) is 6.60. The van der Waals surface area contributed by atoms with Gasteiger partial charge >= 0.3 is 6.36 Å². The number of hydrogen-bond acceptors (Lipinski definition) is 2. The van der Waals surface area contributed by atoms with Gasteiger partial charge in [0.05, 0.1) is 0 Å². The average molecular weight is 303 g/mol. The Hall–Kier alpha value is -1.72. The number of rotatable bonds is 3. The summed E-state index contributed by atoms with van der Waals surface area (Å²) in [4.78, 5) is 12.1. The fraction of sp³-hybridized carbons (Fsp3) is 0.533. The maximum Gasteiger partial charge on any atom is 0.573 e. The lowest BCUT2D eigenvalue weighted by molar-refractivity contribution is -0.274. The third-order valence-corrected chi connectivity index (χ3v) is 2.58. The molecule has 6 heteroatoms. The quantitative estimate of drug-likeness (QED) is 0.907. The SMILES string of the molecule is CC(C)c1cc(OC(F)(F)F)cc(C(=O)NC(C)(C)C)c1. The standard InChI is InChI=1S/C15H20F3NO2/c1-9(2)10-6-11(13(20)19-14(3,4)5)8-12(7-10)21-15(16,17)18/h6-9H,1-5H3,(H,19,20). The second kappa shape index (κ2) is 5.95. The number of nitrogens with one attached hydrogen (secondary N) is 1. The molecule has 0 spiro atoms. The highest BCUT2D eigenvalue weighted by atomic mass is 19.4. The molecular formula is C15H20F3NO2. The second-order valence-corrected chi connectivity index (χ2v) is 6.20. The topological polar surface area (TPSA) is 38.3 Å². The third-order valence-electron chi connectivity index (χ3n) is 2.58. The molecule has 21 heavy (non-hydrogen) atoms. The summed E-state index contributed by atoms with van der Waals surface area (Å²) < 4.78 is 41.0. The van der Waals surface area contributed by atoms with Crippen LogP contribution in [-0.4, -0.2) is 17.8 Å². The Morgan fingerprint density at radius 1 is 1.14 bits per heavy atom. The van der Waals surface area contributed by atoms with E-state index in [1.807, 2.05) is 13.8 Å². The first kappa shape index (κ1) is 17.3. The number of alkyl halides is 3. The summed E-state index contributed by atoms with van der Waals surface area (Å²) in [5, 5.41) is 2.72. The molecule has 0 bridgehead atoms. The van der Waals surface area contributed by atoms with E-state index in [2.05, 4.69) is 10.1 Å². The largest absolute Gasteiger partial charge is 0.573 e. The summed E-state index contributed by atoms with van der Waals surface area (Å²) in [5.74, 6) is -0.840. The minimum Gasteiger partial charge on any atom is -0.406 e. The molecule has 0 aliphatic carbocycles. The normalized spacial score (nSPS) is 12.4. The van der Waals surface area contributed by atoms with E-state index in [-0.39, 0.29) is 17.2 Å². The maximum atomic E-state index is 12.4. The van der Waals surface area contributed by atoms with Gasteiger partial charge in [-0.25, -0.2) is 0 Å². The van der Waals surface area contributed by atoms with Crippen LogP contribution < -0.4 is 10.1 Å². The van der Waals surface area contributed by atoms with Crippen molar-refractivity contribution in [2.45, 2.75) is 52.4 Å². The number of hydrogen-bond donors (Lipinski definition) is 1. The van der Waals surface area contributed by atoms with Crippen molar-refractivity contribution in [3.63, 3.8) is 0 Å². The van der Waals surface area contributed by atoms with Crippen molar-refractivity contribution in [3.05, 3.63) is 29.3 Å². The van der Waals surface area contributed by atoms with Gasteiger partial charge in [0.1, 0.15) is 5.75 Å². The van der Waals surface area contributed by atoms with Crippen molar-refractivity contribution in [2.75, 3.05) is 0 Å². The van der Waals surface area contributed by atoms with E-state index >= 15 is 0 Å². The minimum atomic E-state index is -4.78. The molecule has 0 fully saturated rings. The van der Waals surface area contributed by atoms with Gasteiger partial charge in [0.2, 0.25) is 0 Å². The zero-order valence-corrected chi connectivity index (χ0v) is 12.8. The summed E-state index contributed by atoms with van der Waals surface area (Å²) in [7, 11) is 0. The van der Waals surface area contributed by atoms with Gasteiger partial charge in [0.15, 0.2) is 0 Å². The van der Waals surface area contributed by atoms with Crippen LogP contribution in [0.5, 0.6) is 5.75 Å². The number of halogens is 3. The number of amides is 1. The molecule has 0 saturated carbocycles. The summed E-state index contributed by atoms with van der Waals surface area (Å²) in [6, 6.07) is 3.97. The zero-order chi connectivity index (χ0) is 16.4. The minimum absolute atomic E-state index is 0.0250. The smallest absolute Gasteiger partial charge is 0.406 e. The predicted octanol–water partition coefficient (Wildman–Crippen LogP) is 4.24. The molecule has 1 aromatic carbocycles. The van der Waals surface area contributed by atoms with Gasteiger partial charge in [-0.1, -0.05) is 13.8 Å². The van der Waals surface area contributed by atoms with Gasteiger partial charge in [0, 0.05) is 11.1 Å². The lowest BCUT2D eigenvalue weighted by Crippen LogP contribution is -2.40. The molecule has 118 valence electrons. The summed E-state index contributed by atoms with van der Waals surface area (Å²) in [5.41, 5.74) is 0.280. The van der Waals surface area contributed by atoms with Crippen molar-refractivity contribution in [1.29, 1.82) is 0 Å². The molecule has 0 aliphatic heterocycles. The maximum absolute atomic E-state index is 12.4. The van der Waals surface area contributed by atoms with E-state index in [1.165, 1.54) is 6.07 Å². The number of benzene rings is 1. The Labute approximate surface area is 122 Å². The van der Waals surface area contributed by atoms with Crippen LogP contribution >= 0.6 is 0 Å². The van der Waals surface area contributed by atoms with E-state index in [0.29, 0.717) is 5.56 Å². The molecule has 0 radical (unpaired) electrons. The Kier molecular flexibility index (Phi) is 4.91. The summed E-state index contributed by atoms with van der Waals surface area (Å²) >= 11 is 0. The molecule has 1 amide bonds. The van der Waals surface area contributed by atoms with Crippen LogP contribution in [0.4, 0.5) is 13.2 Å². The van der Waals surface area contributed by atoms with E-state index in [0.717, 1.165) is 6.07 Å². The van der Waals surface area contributed by atoms with Crippen molar-refractivity contribution < 1.29 is 22.7 Å². The zero-order valence-electron chi connectivity index (χ0n) is 12.8. The van der Waals surface area contributed by atoms with Gasteiger partial charge in [-0.2, -0.15) is 0 Å². The van der Waals surface area contributed by atoms with E-state index in [4.69, 9.17) is 0 Å². The van der Waals surface area contributed by atoms with E-state index in [9.17, 15) is 18.0 Å². The number of carbonyl (C=O) groups is 1. The molecule has 0 saturated heterocycles. The molecule has 0 aliphatic rings. The average Bonchev–Trinajstić information content (AvgIpc) is 2.23. The molecule has 0 unspecified atom stereocenters. The van der Waals surface area contributed by atoms with Gasteiger partial charge < -0.3 is 10.1 Å². The molecule has 1 N–H and O–H groups in total. The van der Waals surface area contributed by atoms with Crippen molar-refractivity contribution in [1.82, 2.24) is 5.32 Å². The third kappa shape index (κ3) is 6.06. The van der Waals surface area contributed by atoms with Crippen molar-refractivity contribution in [2.24, 2.45) is 0 Å². The molecular weight excluding hydrogens is 283 g/mol. The molecule has 1 rings (SSSR count). The number of carbonyl (C=O) groups excluding carboxylic acids is 1. The predicted molar refractivity (Wildman–Crippen MR) is 74.4 cm³/mol. The first-order chi connectivity index (χ1) is 9.37. The van der Waals surface area contributed by atoms with Crippen LogP contribution in [0.1, 0.15) is 56.5 Å². The van der Waals surface area contributed by atoms with Gasteiger partial charge in [-0.3, -0.25) is 4.79 Å². The molecule has 3 nitrogen and oxygen atoms in total. The Morgan fingerprint density at radius 2 is 1.71 bits per heavy atom. The van der Waals surface area contributed by atoms with Crippen LogP contribution in [0, 0.1) is 0 Å². The first-order valence-corrected chi connectivity index (χ1v) is 6.60. The Morgan fingerprint density at radius 3 is 2.14 bits per heavy atom. The van der Waals surface area contributed by atoms with Crippen LogP contribution in [0.15, 0.2) is 18.2 Å². The Bertz CT molecular complexity index is 517. The number of ether oxygens (including phenoxy) is 1. The lowest BCUT2D eigenvalue weighted by atomic mass is 9.99. The fourth-order valence-corrected chi connectivity index (χ4v) is 1.69. The molecule has 0 heterocycles. The van der Waals surface area contributed by atoms with E-state index in [1.54, 1.807) is 26.8 Å². The Balaban J connectivity index is 3.16. The monoisotopic (exact) mass is 303 g/mol. The van der Waals surface area contributed by atoms with Gasteiger partial charge in [-0.05, 0) is 50.5 Å². The van der Waals surface area contributed by atoms with Crippen LogP contribution in [0.3, 0.4) is 0 Å². The highest BCUT2D eigenvalue weighted by molar-refractivity contribution is 5.95. The van der Waals surface area contributed by atoms with Gasteiger partial charge in [-0.15, -0.1) is 13.2 Å². The summed E-state index contributed by atoms with van der Waals surface area (Å²) in [6.45, 7) is 9.05. The van der Waals surface area contributed by atoms with Crippen molar-refractivity contribution in [3.8, 4) is 5.75 Å². The van der Waals surface area contributed by atoms with E-state index < -0.39 is 17.8 Å². The lowest BCUT2D eigenvalue weighted by Gasteiger charge is -2.21. The molecule has 1 aromatic rings. The van der Waals surface area contributed by atoms with Crippen LogP contribution in [-0.2, 0) is 0 Å². The molecule has 0 atom stereocenters. The highest BCUT2D eigenvalue weighted by Crippen LogP contribution is 2.28. The van der Waals surface area contributed by atoms with Crippen molar-refractivity contribution >= 4 is 5.91 Å². The van der Waals surface area contributed by atoms with Crippen LogP contribution in [0.25, 0.3) is 0 Å². The van der Waals surface area contributed by atoms with Gasteiger partial charge in [0.25, 0.3) is 5.91 Å². The summed E-state index contributed by atoms with van der Waals surface area (Å²) in [6.07, 6.45) is -4.78.